The molecule has 4 aliphatic carbocycles. The van der Waals surface area contributed by atoms with Crippen molar-refractivity contribution >= 4 is 0 Å². The van der Waals surface area contributed by atoms with Crippen LogP contribution in [0.1, 0.15) is 256 Å². The zero-order chi connectivity index (χ0) is 87.1. The summed E-state index contributed by atoms with van der Waals surface area (Å²) < 4.78 is 164. The molecule has 0 aromatic carbocycles. The summed E-state index contributed by atoms with van der Waals surface area (Å²) >= 11 is 0. The predicted molar refractivity (Wildman–Crippen MR) is 453 cm³/mol. The number of nitrogens with one attached hydrogen (secondary N) is 7. The zero-order valence-electron chi connectivity index (χ0n) is 80.2. The van der Waals surface area contributed by atoms with Crippen molar-refractivity contribution in [3.8, 4) is 0 Å². The Morgan fingerprint density at radius 1 is 0.222 bits per heavy atom. The van der Waals surface area contributed by atoms with E-state index in [-0.39, 0.29) is 99.9 Å². The maximum absolute atomic E-state index is 20.7. The average molecular weight is 1720 g/mol. The first-order chi connectivity index (χ1) is 52.6. The normalized spacial score (nSPS) is 39.1. The first kappa shape index (κ1) is 102. The summed E-state index contributed by atoms with van der Waals surface area (Å²) in [7, 11) is 0. The Hall–Kier alpha value is -0.457. The molecule has 5 aliphatic heterocycles. The van der Waals surface area contributed by atoms with Crippen LogP contribution in [-0.2, 0) is 76.3 Å². The molecule has 117 heavy (non-hydrogen) atoms. The number of hydrogen-bond acceptors (Lipinski definition) is 20. The molecule has 5 heterocycles. The fraction of sp³-hybridized carbons (Fsp3) is 1.00. The van der Waals surface area contributed by atoms with E-state index >= 15 is 17.7 Å². The van der Waals surface area contributed by atoms with Crippen molar-refractivity contribution in [2.45, 2.75) is 397 Å². The van der Waals surface area contributed by atoms with E-state index in [9.17, 15) is 0 Å². The van der Waals surface area contributed by atoms with E-state index in [0.717, 1.165) is 5.12 Å². The van der Waals surface area contributed by atoms with Crippen molar-refractivity contribution in [2.75, 3.05) is 79.3 Å². The van der Waals surface area contributed by atoms with E-state index in [4.69, 9.17) is 56.8 Å². The molecule has 31 unspecified atom stereocenters. The van der Waals surface area contributed by atoms with E-state index in [1.807, 2.05) is 0 Å². The van der Waals surface area contributed by atoms with Crippen molar-refractivity contribution in [3.63, 3.8) is 0 Å². The van der Waals surface area contributed by atoms with Gasteiger partial charge < -0.3 is 56.8 Å². The monoisotopic (exact) mass is 1720 g/mol. The quantitative estimate of drug-likeness (QED) is 0.0273. The maximum Gasteiger partial charge on any atom is 0.162 e. The van der Waals surface area contributed by atoms with Crippen LogP contribution >= 0.6 is 0 Å². The van der Waals surface area contributed by atoms with Crippen LogP contribution in [0.3, 0.4) is 0 Å². The summed E-state index contributed by atoms with van der Waals surface area (Å²) in [5.41, 5.74) is -4.14. The van der Waals surface area contributed by atoms with Gasteiger partial charge in [0.15, 0.2) is 6.17 Å². The Balaban J connectivity index is 0.0000171. The Labute approximate surface area is 720 Å². The number of ether oxygens (including phenoxy) is 12. The number of nitrogens with zero attached hydrogens (tertiary/aromatic N) is 1. The average Bonchev–Trinajstić information content (AvgIpc) is 1.56. The Kier molecular flexibility index (Phi) is 33.2. The van der Waals surface area contributed by atoms with Crippen molar-refractivity contribution < 1.29 is 94.0 Å². The van der Waals surface area contributed by atoms with Crippen LogP contribution in [0, 0.1) is 112 Å². The molecule has 9 aliphatic rings. The first-order valence-electron chi connectivity index (χ1n) is 44.7. The molecule has 0 spiro atoms. The predicted octanol–water partition coefficient (Wildman–Crippen LogP) is 15.5. The molecular formula is C92H172F4N8O12Zn. The largest absolute Gasteiger partial charge is 0.374 e. The second-order valence-corrected chi connectivity index (χ2v) is 51.6. The summed E-state index contributed by atoms with van der Waals surface area (Å²) in [5, 5.41) is 29.7. The van der Waals surface area contributed by atoms with Gasteiger partial charge in [0.25, 0.3) is 0 Å². The van der Waals surface area contributed by atoms with Gasteiger partial charge in [-0.05, 0) is 77.3 Å². The van der Waals surface area contributed by atoms with Crippen LogP contribution in [0.2, 0.25) is 0 Å². The van der Waals surface area contributed by atoms with Gasteiger partial charge in [0.2, 0.25) is 0 Å². The second kappa shape index (κ2) is 38.1. The molecule has 0 radical (unpaired) electrons. The van der Waals surface area contributed by atoms with Crippen LogP contribution in [-0.4, -0.2) is 225 Å². The first-order valence-corrected chi connectivity index (χ1v) is 44.7. The fourth-order valence-corrected chi connectivity index (χ4v) is 18.5. The number of hydrogen-bond donors (Lipinski definition) is 7. The molecule has 682 valence electrons. The minimum Gasteiger partial charge on any atom is -0.374 e. The standard InChI is InChI=1S/C92H172F4N8O12.Zn/c1-81(2,3)38-105-61-53-54(62(106-39-82(4,5)6)68(112-45-88(22,23)24)67(61)111-44-87(19,20)21)76-99-75(53)98-73-50-37-51(93)59(94)60(95)52(50)74(97-73)102-79-57-58(66(110-43-86(16,17)18)72(116-49-92(34,35)36)71(115-48-91(31,32)33)65(57)109-42-85(13,14)15)80(104(79)96)103-78-56-55(77(100-76)101-78)63(107-40-83(7,8)9)69(113-46-89(25,26)27)70(114-47-90(28,29)30)64(56)108-41-84(10,11)12;/h50-80,97-103H,37-49H2,1-36H3;. The molecule has 4 saturated carbocycles. The van der Waals surface area contributed by atoms with Gasteiger partial charge in [0.1, 0.15) is 49.0 Å². The molecule has 0 amide bonds. The van der Waals surface area contributed by atoms with Crippen LogP contribution in [0.4, 0.5) is 17.7 Å². The van der Waals surface area contributed by atoms with Crippen LogP contribution in [0.15, 0.2) is 0 Å². The molecular weight excluding hydrogens is 1550 g/mol. The molecule has 0 aromatic rings. The van der Waals surface area contributed by atoms with Gasteiger partial charge in [-0.3, -0.25) is 37.2 Å². The Bertz CT molecular complexity index is 3070. The molecule has 25 heteroatoms. The van der Waals surface area contributed by atoms with Crippen LogP contribution < -0.4 is 37.2 Å². The molecule has 9 fully saturated rings. The summed E-state index contributed by atoms with van der Waals surface area (Å²) in [5.74, 6) is -6.05. The smallest absolute Gasteiger partial charge is 0.162 e. The third kappa shape index (κ3) is 27.8. The van der Waals surface area contributed by atoms with Crippen molar-refractivity contribution in [1.82, 2.24) is 42.3 Å². The van der Waals surface area contributed by atoms with E-state index in [1.54, 1.807) is 0 Å². The summed E-state index contributed by atoms with van der Waals surface area (Å²) in [6.07, 6.45) is -24.2. The van der Waals surface area contributed by atoms with Gasteiger partial charge in [-0.2, -0.15) is 0 Å². The second-order valence-electron chi connectivity index (χ2n) is 51.6. The van der Waals surface area contributed by atoms with Gasteiger partial charge in [-0.25, -0.2) is 13.2 Å². The van der Waals surface area contributed by atoms with E-state index in [1.165, 1.54) is 0 Å². The topological polar surface area (TPSA) is 198 Å². The third-order valence-corrected chi connectivity index (χ3v) is 23.1. The van der Waals surface area contributed by atoms with E-state index in [2.05, 4.69) is 286 Å². The number of halogens is 4. The molecule has 9 rings (SSSR count). The number of fused-ring (bicyclic) bond motifs is 20. The van der Waals surface area contributed by atoms with E-state index in [0.29, 0.717) is 59.5 Å². The van der Waals surface area contributed by atoms with Crippen molar-refractivity contribution in [2.24, 2.45) is 112 Å². The van der Waals surface area contributed by atoms with Gasteiger partial charge >= 0.3 is 0 Å². The fourth-order valence-electron chi connectivity index (χ4n) is 18.5. The molecule has 0 aromatic heterocycles. The van der Waals surface area contributed by atoms with Gasteiger partial charge in [-0.1, -0.05) is 249 Å². The molecule has 31 atom stereocenters. The zero-order valence-corrected chi connectivity index (χ0v) is 83.1. The summed E-state index contributed by atoms with van der Waals surface area (Å²) in [6.45, 7) is 81.6. The van der Waals surface area contributed by atoms with Crippen molar-refractivity contribution in [1.29, 1.82) is 0 Å². The van der Waals surface area contributed by atoms with Crippen LogP contribution in [0.5, 0.6) is 0 Å². The minimum atomic E-state index is -2.46. The third-order valence-electron chi connectivity index (χ3n) is 23.1. The summed E-state index contributed by atoms with van der Waals surface area (Å²) in [4.78, 5) is 0. The maximum atomic E-state index is 20.7. The van der Waals surface area contributed by atoms with E-state index < -0.39 is 199 Å². The summed E-state index contributed by atoms with van der Waals surface area (Å²) in [6, 6.07) is 0. The number of rotatable bonds is 24. The molecule has 20 nitrogen and oxygen atoms in total. The Morgan fingerprint density at radius 2 is 0.385 bits per heavy atom. The van der Waals surface area contributed by atoms with Gasteiger partial charge in [0.05, 0.1) is 165 Å². The minimum absolute atomic E-state index is 0. The number of alkyl halides is 3. The molecule has 8 bridgehead atoms. The van der Waals surface area contributed by atoms with Gasteiger partial charge in [-0.15, -0.1) is 9.60 Å². The van der Waals surface area contributed by atoms with Crippen molar-refractivity contribution in [3.05, 3.63) is 0 Å². The Morgan fingerprint density at radius 3 is 0.581 bits per heavy atom. The SMILES string of the molecule is CC(C)(C)COC1C(OCC(C)(C)C)C(OCC(C)(C)C)C2C3NC(NC4NC(NC5C6C(OCC(C)(C)C)C(OCC(C)(C)C)C(OCC(C)(C)C)C(OCC(C)(C)C)C6C(NC6NC(N3)C3C(OCC(C)(C)C)C(OCC(C)(C)C)C(OCC(C)(C)C)C(OCC(C)(C)C)C63)N5F)C3C(F)C(F)C(F)CC43)C2C1OCC(C)(C)C.[Zn]. The van der Waals surface area contributed by atoms with Gasteiger partial charge in [0, 0.05) is 60.9 Å². The van der Waals surface area contributed by atoms with Crippen LogP contribution in [0.25, 0.3) is 0 Å². The molecule has 5 saturated heterocycles. The molecule has 7 N–H and O–H groups in total.